The summed E-state index contributed by atoms with van der Waals surface area (Å²) in [5.74, 6) is 2.45. The second kappa shape index (κ2) is 5.45. The fraction of sp³-hybridized carbons (Fsp3) is 0.565. The van der Waals surface area contributed by atoms with Crippen LogP contribution in [-0.2, 0) is 6.54 Å². The molecule has 6 rings (SSSR count). The molecule has 2 aromatic rings. The number of benzene rings is 1. The molecule has 0 spiro atoms. The SMILES string of the molecule is CC12CC3CC(C)(C1)CC(NCc1ccc(-c4ccc(F)cc4)o1)(C3)C2. The smallest absolute Gasteiger partial charge is 0.134 e. The van der Waals surface area contributed by atoms with Gasteiger partial charge in [0.1, 0.15) is 17.3 Å². The zero-order valence-electron chi connectivity index (χ0n) is 15.8. The van der Waals surface area contributed by atoms with Crippen LogP contribution in [0.4, 0.5) is 4.39 Å². The van der Waals surface area contributed by atoms with Gasteiger partial charge in [-0.3, -0.25) is 0 Å². The van der Waals surface area contributed by atoms with E-state index < -0.39 is 0 Å². The number of halogens is 1. The highest BCUT2D eigenvalue weighted by atomic mass is 19.1. The highest BCUT2D eigenvalue weighted by Crippen LogP contribution is 2.66. The molecule has 1 heterocycles. The summed E-state index contributed by atoms with van der Waals surface area (Å²) in [6, 6.07) is 10.5. The van der Waals surface area contributed by atoms with Gasteiger partial charge in [0.05, 0.1) is 6.54 Å². The van der Waals surface area contributed by atoms with Crippen LogP contribution in [0, 0.1) is 22.6 Å². The minimum Gasteiger partial charge on any atom is -0.460 e. The molecule has 26 heavy (non-hydrogen) atoms. The highest BCUT2D eigenvalue weighted by molar-refractivity contribution is 5.57. The van der Waals surface area contributed by atoms with Gasteiger partial charge in [0.25, 0.3) is 0 Å². The van der Waals surface area contributed by atoms with Crippen molar-refractivity contribution in [1.29, 1.82) is 0 Å². The summed E-state index contributed by atoms with van der Waals surface area (Å²) in [5.41, 5.74) is 2.24. The number of hydrogen-bond donors (Lipinski definition) is 1. The Hall–Kier alpha value is -1.61. The Morgan fingerprint density at radius 2 is 1.65 bits per heavy atom. The maximum Gasteiger partial charge on any atom is 0.134 e. The van der Waals surface area contributed by atoms with E-state index in [1.165, 1.54) is 50.7 Å². The van der Waals surface area contributed by atoms with Crippen molar-refractivity contribution in [3.8, 4) is 11.3 Å². The van der Waals surface area contributed by atoms with Crippen molar-refractivity contribution in [2.75, 3.05) is 0 Å². The van der Waals surface area contributed by atoms with Crippen LogP contribution in [0.2, 0.25) is 0 Å². The molecule has 1 aromatic heterocycles. The molecule has 4 aliphatic carbocycles. The van der Waals surface area contributed by atoms with E-state index in [0.29, 0.717) is 10.8 Å². The first-order valence-corrected chi connectivity index (χ1v) is 9.94. The lowest BCUT2D eigenvalue weighted by Crippen LogP contribution is -2.63. The molecule has 3 heteroatoms. The molecule has 1 N–H and O–H groups in total. The second-order valence-corrected chi connectivity index (χ2v) is 10.0. The Kier molecular flexibility index (Phi) is 3.47. The van der Waals surface area contributed by atoms with Crippen LogP contribution in [-0.4, -0.2) is 5.54 Å². The number of hydrogen-bond acceptors (Lipinski definition) is 2. The molecule has 4 saturated carbocycles. The summed E-state index contributed by atoms with van der Waals surface area (Å²) < 4.78 is 19.1. The molecule has 0 radical (unpaired) electrons. The Balaban J connectivity index is 1.32. The van der Waals surface area contributed by atoms with Crippen molar-refractivity contribution in [2.24, 2.45) is 16.7 Å². The zero-order chi connectivity index (χ0) is 18.0. The van der Waals surface area contributed by atoms with Crippen molar-refractivity contribution >= 4 is 0 Å². The van der Waals surface area contributed by atoms with Crippen LogP contribution < -0.4 is 5.32 Å². The van der Waals surface area contributed by atoms with Gasteiger partial charge in [-0.2, -0.15) is 0 Å². The fourth-order valence-corrected chi connectivity index (χ4v) is 7.16. The average Bonchev–Trinajstić information content (AvgIpc) is 2.99. The quantitative estimate of drug-likeness (QED) is 0.737. The summed E-state index contributed by atoms with van der Waals surface area (Å²) in [6.07, 6.45) is 8.16. The fourth-order valence-electron chi connectivity index (χ4n) is 7.16. The van der Waals surface area contributed by atoms with Gasteiger partial charge in [-0.15, -0.1) is 0 Å². The average molecular weight is 353 g/mol. The topological polar surface area (TPSA) is 25.2 Å². The van der Waals surface area contributed by atoms with Gasteiger partial charge in [0.2, 0.25) is 0 Å². The molecule has 0 saturated heterocycles. The van der Waals surface area contributed by atoms with Gasteiger partial charge in [-0.25, -0.2) is 4.39 Å². The first-order valence-electron chi connectivity index (χ1n) is 9.94. The lowest BCUT2D eigenvalue weighted by Gasteiger charge is -2.65. The number of rotatable bonds is 4. The molecule has 138 valence electrons. The Morgan fingerprint density at radius 1 is 0.962 bits per heavy atom. The van der Waals surface area contributed by atoms with Crippen molar-refractivity contribution in [3.63, 3.8) is 0 Å². The first-order chi connectivity index (χ1) is 12.3. The van der Waals surface area contributed by atoms with E-state index in [4.69, 9.17) is 4.42 Å². The van der Waals surface area contributed by atoms with Gasteiger partial charge >= 0.3 is 0 Å². The predicted octanol–water partition coefficient (Wildman–Crippen LogP) is 5.92. The standard InChI is InChI=1S/C23H28FNO/c1-21-9-16-10-22(2,13-21)15-23(11-16,14-21)25-12-19-7-8-20(26-19)17-3-5-18(24)6-4-17/h3-8,16,25H,9-15H2,1-2H3. The first kappa shape index (κ1) is 16.6. The van der Waals surface area contributed by atoms with Crippen molar-refractivity contribution < 1.29 is 8.81 Å². The lowest BCUT2D eigenvalue weighted by atomic mass is 9.43. The van der Waals surface area contributed by atoms with E-state index >= 15 is 0 Å². The van der Waals surface area contributed by atoms with Crippen molar-refractivity contribution in [2.45, 2.75) is 64.5 Å². The van der Waals surface area contributed by atoms with E-state index in [0.717, 1.165) is 29.5 Å². The lowest BCUT2D eigenvalue weighted by molar-refractivity contribution is -0.118. The molecule has 2 atom stereocenters. The van der Waals surface area contributed by atoms with Crippen LogP contribution in [0.1, 0.15) is 58.1 Å². The van der Waals surface area contributed by atoms with Crippen LogP contribution in [0.5, 0.6) is 0 Å². The molecule has 0 amide bonds. The molecular weight excluding hydrogens is 325 g/mol. The van der Waals surface area contributed by atoms with Crippen LogP contribution in [0.15, 0.2) is 40.8 Å². The monoisotopic (exact) mass is 353 g/mol. The van der Waals surface area contributed by atoms with Crippen LogP contribution in [0.25, 0.3) is 11.3 Å². The third-order valence-corrected chi connectivity index (χ3v) is 7.05. The largest absolute Gasteiger partial charge is 0.460 e. The van der Waals surface area contributed by atoms with E-state index in [2.05, 4.69) is 25.2 Å². The van der Waals surface area contributed by atoms with E-state index in [9.17, 15) is 4.39 Å². The summed E-state index contributed by atoms with van der Waals surface area (Å²) in [4.78, 5) is 0. The maximum absolute atomic E-state index is 13.1. The molecule has 0 aliphatic heterocycles. The third-order valence-electron chi connectivity index (χ3n) is 7.05. The maximum atomic E-state index is 13.1. The molecule has 4 aliphatic rings. The van der Waals surface area contributed by atoms with E-state index in [-0.39, 0.29) is 11.4 Å². The van der Waals surface area contributed by atoms with Gasteiger partial charge in [-0.1, -0.05) is 13.8 Å². The Bertz CT molecular complexity index is 805. The Morgan fingerprint density at radius 3 is 2.31 bits per heavy atom. The van der Waals surface area contributed by atoms with Crippen LogP contribution >= 0.6 is 0 Å². The van der Waals surface area contributed by atoms with Crippen molar-refractivity contribution in [1.82, 2.24) is 5.32 Å². The predicted molar refractivity (Wildman–Crippen MR) is 101 cm³/mol. The molecular formula is C23H28FNO. The van der Waals surface area contributed by atoms with Gasteiger partial charge < -0.3 is 9.73 Å². The minimum atomic E-state index is -0.217. The van der Waals surface area contributed by atoms with E-state index in [1.807, 2.05) is 6.07 Å². The number of nitrogens with one attached hydrogen (secondary N) is 1. The minimum absolute atomic E-state index is 0.217. The third kappa shape index (κ3) is 2.81. The van der Waals surface area contributed by atoms with Crippen LogP contribution in [0.3, 0.4) is 0 Å². The molecule has 4 bridgehead atoms. The molecule has 2 nitrogen and oxygen atoms in total. The molecule has 4 fully saturated rings. The van der Waals surface area contributed by atoms with Gasteiger partial charge in [0.15, 0.2) is 0 Å². The Labute approximate surface area is 155 Å². The van der Waals surface area contributed by atoms with E-state index in [1.54, 1.807) is 12.1 Å². The molecule has 1 aromatic carbocycles. The highest BCUT2D eigenvalue weighted by Gasteiger charge is 2.59. The summed E-state index contributed by atoms with van der Waals surface area (Å²) >= 11 is 0. The summed E-state index contributed by atoms with van der Waals surface area (Å²) in [7, 11) is 0. The van der Waals surface area contributed by atoms with Crippen molar-refractivity contribution in [3.05, 3.63) is 48.0 Å². The van der Waals surface area contributed by atoms with Gasteiger partial charge in [0, 0.05) is 11.1 Å². The summed E-state index contributed by atoms with van der Waals surface area (Å²) in [6.45, 7) is 5.79. The zero-order valence-corrected chi connectivity index (χ0v) is 15.8. The molecule has 2 unspecified atom stereocenters. The van der Waals surface area contributed by atoms with Gasteiger partial charge in [-0.05, 0) is 91.7 Å². The normalized spacial score (nSPS) is 38.0. The summed E-state index contributed by atoms with van der Waals surface area (Å²) in [5, 5.41) is 3.91. The second-order valence-electron chi connectivity index (χ2n) is 10.0. The number of furan rings is 1.